The SMILES string of the molecule is COc1cc(CCNC(=O)CC#N)ccc1OCCOc1ccc(C)cc1C. The number of nitrogens with one attached hydrogen (secondary N) is 1. The van der Waals surface area contributed by atoms with E-state index >= 15 is 0 Å². The zero-order chi connectivity index (χ0) is 20.4. The van der Waals surface area contributed by atoms with E-state index in [9.17, 15) is 4.79 Å². The van der Waals surface area contributed by atoms with Crippen LogP contribution in [0, 0.1) is 25.2 Å². The highest BCUT2D eigenvalue weighted by molar-refractivity contribution is 5.77. The van der Waals surface area contributed by atoms with E-state index in [4.69, 9.17) is 19.5 Å². The maximum absolute atomic E-state index is 11.3. The number of ether oxygens (including phenoxy) is 3. The van der Waals surface area contributed by atoms with Gasteiger partial charge in [-0.1, -0.05) is 23.8 Å². The molecule has 0 aliphatic rings. The second kappa shape index (κ2) is 10.8. The lowest BCUT2D eigenvalue weighted by atomic mass is 10.1. The van der Waals surface area contributed by atoms with Gasteiger partial charge in [0.2, 0.25) is 5.91 Å². The highest BCUT2D eigenvalue weighted by Gasteiger charge is 2.07. The first-order valence-corrected chi connectivity index (χ1v) is 9.17. The smallest absolute Gasteiger partial charge is 0.234 e. The first-order chi connectivity index (χ1) is 13.5. The highest BCUT2D eigenvalue weighted by atomic mass is 16.5. The van der Waals surface area contributed by atoms with Gasteiger partial charge in [-0.15, -0.1) is 0 Å². The molecule has 0 saturated heterocycles. The molecule has 0 spiro atoms. The zero-order valence-electron chi connectivity index (χ0n) is 16.6. The molecule has 2 aromatic rings. The summed E-state index contributed by atoms with van der Waals surface area (Å²) in [7, 11) is 1.59. The van der Waals surface area contributed by atoms with Crippen molar-refractivity contribution in [2.24, 2.45) is 0 Å². The lowest BCUT2D eigenvalue weighted by Gasteiger charge is -2.14. The van der Waals surface area contributed by atoms with Gasteiger partial charge in [-0.05, 0) is 49.6 Å². The Kier molecular flexibility index (Phi) is 8.16. The zero-order valence-corrected chi connectivity index (χ0v) is 16.6. The first-order valence-electron chi connectivity index (χ1n) is 9.17. The predicted octanol–water partition coefficient (Wildman–Crippen LogP) is 3.34. The minimum Gasteiger partial charge on any atom is -0.493 e. The van der Waals surface area contributed by atoms with Crippen molar-refractivity contribution in [1.82, 2.24) is 5.32 Å². The molecule has 2 rings (SSSR count). The van der Waals surface area contributed by atoms with Crippen molar-refractivity contribution in [2.45, 2.75) is 26.7 Å². The molecule has 0 saturated carbocycles. The summed E-state index contributed by atoms with van der Waals surface area (Å²) in [6, 6.07) is 13.6. The largest absolute Gasteiger partial charge is 0.493 e. The summed E-state index contributed by atoms with van der Waals surface area (Å²) in [6.45, 7) is 5.37. The molecular formula is C22H26N2O4. The van der Waals surface area contributed by atoms with Crippen molar-refractivity contribution in [2.75, 3.05) is 26.9 Å². The second-order valence-electron chi connectivity index (χ2n) is 6.39. The van der Waals surface area contributed by atoms with E-state index in [-0.39, 0.29) is 12.3 Å². The number of benzene rings is 2. The van der Waals surface area contributed by atoms with Crippen molar-refractivity contribution >= 4 is 5.91 Å². The number of carbonyl (C=O) groups is 1. The summed E-state index contributed by atoms with van der Waals surface area (Å²) in [5.41, 5.74) is 3.31. The van der Waals surface area contributed by atoms with Gasteiger partial charge < -0.3 is 19.5 Å². The van der Waals surface area contributed by atoms with Gasteiger partial charge in [0.15, 0.2) is 11.5 Å². The first kappa shape index (κ1) is 21.1. The molecule has 0 unspecified atom stereocenters. The van der Waals surface area contributed by atoms with E-state index in [1.54, 1.807) is 7.11 Å². The van der Waals surface area contributed by atoms with Gasteiger partial charge in [-0.25, -0.2) is 0 Å². The molecule has 0 radical (unpaired) electrons. The van der Waals surface area contributed by atoms with Crippen molar-refractivity contribution < 1.29 is 19.0 Å². The van der Waals surface area contributed by atoms with E-state index in [0.29, 0.717) is 37.7 Å². The number of carbonyl (C=O) groups excluding carboxylic acids is 1. The summed E-state index contributed by atoms with van der Waals surface area (Å²) in [6.07, 6.45) is 0.518. The maximum Gasteiger partial charge on any atom is 0.234 e. The second-order valence-corrected chi connectivity index (χ2v) is 6.39. The molecule has 0 heterocycles. The molecule has 2 aromatic carbocycles. The summed E-state index contributed by atoms with van der Waals surface area (Å²) in [4.78, 5) is 11.3. The summed E-state index contributed by atoms with van der Waals surface area (Å²) in [5.74, 6) is 1.87. The van der Waals surface area contributed by atoms with Gasteiger partial charge in [-0.3, -0.25) is 4.79 Å². The van der Waals surface area contributed by atoms with Crippen LogP contribution in [0.2, 0.25) is 0 Å². The van der Waals surface area contributed by atoms with Crippen molar-refractivity contribution in [3.8, 4) is 23.3 Å². The molecule has 148 valence electrons. The number of nitrogens with zero attached hydrogens (tertiary/aromatic N) is 1. The van der Waals surface area contributed by atoms with Crippen LogP contribution in [0.15, 0.2) is 36.4 Å². The Balaban J connectivity index is 1.83. The molecule has 0 aliphatic heterocycles. The third-order valence-electron chi connectivity index (χ3n) is 4.13. The van der Waals surface area contributed by atoms with Gasteiger partial charge in [0, 0.05) is 6.54 Å². The van der Waals surface area contributed by atoms with E-state index in [1.807, 2.05) is 43.3 Å². The van der Waals surface area contributed by atoms with Crippen LogP contribution in [0.5, 0.6) is 17.2 Å². The van der Waals surface area contributed by atoms with Gasteiger partial charge in [0.25, 0.3) is 0 Å². The topological polar surface area (TPSA) is 80.6 Å². The molecule has 0 aromatic heterocycles. The van der Waals surface area contributed by atoms with Crippen LogP contribution in [0.1, 0.15) is 23.1 Å². The lowest BCUT2D eigenvalue weighted by molar-refractivity contribution is -0.120. The Morgan fingerprint density at radius 1 is 1.04 bits per heavy atom. The molecule has 1 amide bonds. The number of methoxy groups -OCH3 is 1. The molecule has 0 fully saturated rings. The summed E-state index contributed by atoms with van der Waals surface area (Å²) in [5, 5.41) is 11.2. The van der Waals surface area contributed by atoms with Crippen molar-refractivity contribution in [3.05, 3.63) is 53.1 Å². The Morgan fingerprint density at radius 3 is 2.43 bits per heavy atom. The Labute approximate surface area is 166 Å². The van der Waals surface area contributed by atoms with E-state index < -0.39 is 0 Å². The Morgan fingerprint density at radius 2 is 1.75 bits per heavy atom. The normalized spacial score (nSPS) is 10.1. The number of hydrogen-bond donors (Lipinski definition) is 1. The molecular weight excluding hydrogens is 356 g/mol. The molecule has 6 nitrogen and oxygen atoms in total. The summed E-state index contributed by atoms with van der Waals surface area (Å²) < 4.78 is 17.0. The number of rotatable bonds is 10. The van der Waals surface area contributed by atoms with Gasteiger partial charge >= 0.3 is 0 Å². The average molecular weight is 382 g/mol. The van der Waals surface area contributed by atoms with Crippen LogP contribution in [0.3, 0.4) is 0 Å². The van der Waals surface area contributed by atoms with Crippen LogP contribution in [-0.2, 0) is 11.2 Å². The fraction of sp³-hybridized carbons (Fsp3) is 0.364. The Hall–Kier alpha value is -3.20. The predicted molar refractivity (Wildman–Crippen MR) is 107 cm³/mol. The van der Waals surface area contributed by atoms with Crippen LogP contribution >= 0.6 is 0 Å². The molecule has 1 N–H and O–H groups in total. The van der Waals surface area contributed by atoms with Crippen molar-refractivity contribution in [3.63, 3.8) is 0 Å². The molecule has 28 heavy (non-hydrogen) atoms. The number of aryl methyl sites for hydroxylation is 2. The third-order valence-corrected chi connectivity index (χ3v) is 4.13. The molecule has 0 aliphatic carbocycles. The average Bonchev–Trinajstić information content (AvgIpc) is 2.67. The lowest BCUT2D eigenvalue weighted by Crippen LogP contribution is -2.24. The Bertz CT molecular complexity index is 843. The monoisotopic (exact) mass is 382 g/mol. The van der Waals surface area contributed by atoms with Gasteiger partial charge in [0.05, 0.1) is 13.2 Å². The standard InChI is InChI=1S/C22H26N2O4/c1-16-4-6-19(17(2)14-16)27-12-13-28-20-7-5-18(15-21(20)26-3)9-11-24-22(25)8-10-23/h4-7,14-15H,8-9,11-13H2,1-3H3,(H,24,25). The fourth-order valence-electron chi connectivity index (χ4n) is 2.73. The molecule has 0 atom stereocenters. The van der Waals surface area contributed by atoms with E-state index in [1.165, 1.54) is 5.56 Å². The maximum atomic E-state index is 11.3. The molecule has 6 heteroatoms. The van der Waals surface area contributed by atoms with Gasteiger partial charge in [0.1, 0.15) is 25.4 Å². The minimum atomic E-state index is -0.266. The van der Waals surface area contributed by atoms with E-state index in [0.717, 1.165) is 16.9 Å². The van der Waals surface area contributed by atoms with Crippen LogP contribution in [0.4, 0.5) is 0 Å². The highest BCUT2D eigenvalue weighted by Crippen LogP contribution is 2.28. The summed E-state index contributed by atoms with van der Waals surface area (Å²) >= 11 is 0. The third kappa shape index (κ3) is 6.51. The number of hydrogen-bond acceptors (Lipinski definition) is 5. The van der Waals surface area contributed by atoms with Crippen LogP contribution < -0.4 is 19.5 Å². The quantitative estimate of drug-likeness (QED) is 0.638. The number of nitriles is 1. The van der Waals surface area contributed by atoms with E-state index in [2.05, 4.69) is 18.3 Å². The van der Waals surface area contributed by atoms with Crippen LogP contribution in [-0.4, -0.2) is 32.8 Å². The minimum absolute atomic E-state index is 0.125. The van der Waals surface area contributed by atoms with Crippen LogP contribution in [0.25, 0.3) is 0 Å². The molecule has 0 bridgehead atoms. The van der Waals surface area contributed by atoms with Crippen molar-refractivity contribution in [1.29, 1.82) is 5.26 Å². The number of amides is 1. The fourth-order valence-corrected chi connectivity index (χ4v) is 2.73. The van der Waals surface area contributed by atoms with Gasteiger partial charge in [-0.2, -0.15) is 5.26 Å².